The van der Waals surface area contributed by atoms with Crippen molar-refractivity contribution in [1.29, 1.82) is 0 Å². The van der Waals surface area contributed by atoms with E-state index in [1.807, 2.05) is 0 Å². The van der Waals surface area contributed by atoms with Crippen molar-refractivity contribution in [2.75, 3.05) is 13.3 Å². The predicted molar refractivity (Wildman–Crippen MR) is 48.9 cm³/mol. The molecule has 1 aliphatic rings. The first-order valence-corrected chi connectivity index (χ1v) is 4.24. The molecule has 0 aromatic heterocycles. The molecule has 0 aliphatic carbocycles. The van der Waals surface area contributed by atoms with Crippen LogP contribution in [0.25, 0.3) is 0 Å². The average molecular weight is 205 g/mol. The van der Waals surface area contributed by atoms with E-state index in [1.54, 1.807) is 0 Å². The summed E-state index contributed by atoms with van der Waals surface area (Å²) in [5.41, 5.74) is 0. The van der Waals surface area contributed by atoms with Gasteiger partial charge >= 0.3 is 0 Å². The quantitative estimate of drug-likeness (QED) is 0.649. The van der Waals surface area contributed by atoms with E-state index < -0.39 is 19.4 Å². The molecule has 1 rings (SSSR count). The summed E-state index contributed by atoms with van der Waals surface area (Å²) >= 11 is 4.77. The van der Waals surface area contributed by atoms with Gasteiger partial charge in [0.05, 0.1) is 12.5 Å². The number of carbonyl (C=O) groups excluding carboxylic acids is 1. The topological polar surface area (TPSA) is 20.3 Å². The number of hydrogen-bond acceptors (Lipinski definition) is 2. The van der Waals surface area contributed by atoms with E-state index in [-0.39, 0.29) is 12.3 Å². The second kappa shape index (κ2) is 4.41. The van der Waals surface area contributed by atoms with Crippen LogP contribution in [0.15, 0.2) is 12.3 Å². The summed E-state index contributed by atoms with van der Waals surface area (Å²) < 4.78 is 24.4. The molecule has 0 bridgehead atoms. The van der Waals surface area contributed by atoms with Gasteiger partial charge in [-0.2, -0.15) is 0 Å². The predicted octanol–water partition coefficient (Wildman–Crippen LogP) is 1.41. The molecular formula is C8H9F2NOS. The van der Waals surface area contributed by atoms with Gasteiger partial charge in [0.25, 0.3) is 0 Å². The van der Waals surface area contributed by atoms with E-state index in [9.17, 15) is 13.6 Å². The summed E-state index contributed by atoms with van der Waals surface area (Å²) in [6.07, 6.45) is 2.94. The molecule has 2 nitrogen and oxygen atoms in total. The van der Waals surface area contributed by atoms with Crippen LogP contribution in [0.5, 0.6) is 0 Å². The van der Waals surface area contributed by atoms with Crippen LogP contribution in [0.1, 0.15) is 6.42 Å². The van der Waals surface area contributed by atoms with Crippen LogP contribution >= 0.6 is 12.2 Å². The van der Waals surface area contributed by atoms with Gasteiger partial charge in [0.15, 0.2) is 0 Å². The third-order valence-electron chi connectivity index (χ3n) is 1.78. The molecule has 0 N–H and O–H groups in total. The number of nitrogens with zero attached hydrogens (tertiary/aromatic N) is 1. The maximum Gasteiger partial charge on any atom is 0.232 e. The molecule has 13 heavy (non-hydrogen) atoms. The number of thiocarbonyl (C=S) groups is 1. The van der Waals surface area contributed by atoms with Gasteiger partial charge in [-0.25, -0.2) is 8.78 Å². The zero-order valence-electron chi connectivity index (χ0n) is 6.87. The van der Waals surface area contributed by atoms with E-state index >= 15 is 0 Å². The first-order chi connectivity index (χ1) is 6.19. The van der Waals surface area contributed by atoms with Crippen LogP contribution < -0.4 is 0 Å². The lowest BCUT2D eigenvalue weighted by molar-refractivity contribution is -0.130. The standard InChI is InChI=1S/C8H9F2NOS/c9-4-6(5-10)11-2-1-7(13)3-8(11)12/h1-2,6H,3-5H2. The highest BCUT2D eigenvalue weighted by Crippen LogP contribution is 2.11. The number of halogens is 2. The Balaban J connectivity index is 2.74. The molecule has 72 valence electrons. The Hall–Kier alpha value is -0.840. The SMILES string of the molecule is O=C1CC(=S)C=CN1C(CF)CF. The van der Waals surface area contributed by atoms with Crippen molar-refractivity contribution in [3.63, 3.8) is 0 Å². The smallest absolute Gasteiger partial charge is 0.232 e. The Morgan fingerprint density at radius 1 is 1.54 bits per heavy atom. The van der Waals surface area contributed by atoms with Crippen LogP contribution in [-0.4, -0.2) is 35.1 Å². The Morgan fingerprint density at radius 3 is 2.62 bits per heavy atom. The van der Waals surface area contributed by atoms with Crippen molar-refractivity contribution < 1.29 is 13.6 Å². The lowest BCUT2D eigenvalue weighted by atomic mass is 10.2. The summed E-state index contributed by atoms with van der Waals surface area (Å²) in [5.74, 6) is -0.340. The number of allylic oxidation sites excluding steroid dienone is 1. The normalized spacial score (nSPS) is 17.3. The Bertz CT molecular complexity index is 251. The second-order valence-electron chi connectivity index (χ2n) is 2.72. The minimum absolute atomic E-state index is 0.0718. The van der Waals surface area contributed by atoms with Gasteiger partial charge in [0.2, 0.25) is 5.91 Å². The van der Waals surface area contributed by atoms with E-state index in [1.165, 1.54) is 12.3 Å². The summed E-state index contributed by atoms with van der Waals surface area (Å²) in [5, 5.41) is 0. The van der Waals surface area contributed by atoms with Crippen molar-refractivity contribution in [3.8, 4) is 0 Å². The zero-order chi connectivity index (χ0) is 9.84. The van der Waals surface area contributed by atoms with Crippen molar-refractivity contribution in [3.05, 3.63) is 12.3 Å². The summed E-state index contributed by atoms with van der Waals surface area (Å²) in [6.45, 7) is -1.75. The largest absolute Gasteiger partial charge is 0.310 e. The maximum absolute atomic E-state index is 12.2. The first kappa shape index (κ1) is 10.2. The van der Waals surface area contributed by atoms with Crippen LogP contribution in [0, 0.1) is 0 Å². The number of alkyl halides is 2. The van der Waals surface area contributed by atoms with Gasteiger partial charge in [0.1, 0.15) is 13.3 Å². The minimum Gasteiger partial charge on any atom is -0.310 e. The molecule has 0 aromatic carbocycles. The molecule has 0 fully saturated rings. The molecule has 0 saturated carbocycles. The Morgan fingerprint density at radius 2 is 2.15 bits per heavy atom. The third kappa shape index (κ3) is 2.30. The number of rotatable bonds is 3. The summed E-state index contributed by atoms with van der Waals surface area (Å²) in [7, 11) is 0. The van der Waals surface area contributed by atoms with Crippen LogP contribution in [0.2, 0.25) is 0 Å². The van der Waals surface area contributed by atoms with Crippen LogP contribution in [-0.2, 0) is 4.79 Å². The number of carbonyl (C=O) groups is 1. The van der Waals surface area contributed by atoms with E-state index in [2.05, 4.69) is 0 Å². The summed E-state index contributed by atoms with van der Waals surface area (Å²) in [4.78, 5) is 12.8. The molecule has 0 unspecified atom stereocenters. The van der Waals surface area contributed by atoms with Crippen LogP contribution in [0.3, 0.4) is 0 Å². The van der Waals surface area contributed by atoms with Gasteiger partial charge in [0, 0.05) is 11.1 Å². The fourth-order valence-corrected chi connectivity index (χ4v) is 1.25. The van der Waals surface area contributed by atoms with E-state index in [4.69, 9.17) is 12.2 Å². The van der Waals surface area contributed by atoms with E-state index in [0.29, 0.717) is 4.86 Å². The molecule has 1 aliphatic heterocycles. The first-order valence-electron chi connectivity index (χ1n) is 3.83. The molecule has 0 spiro atoms. The molecule has 0 atom stereocenters. The third-order valence-corrected chi connectivity index (χ3v) is 2.06. The highest BCUT2D eigenvalue weighted by molar-refractivity contribution is 7.80. The van der Waals surface area contributed by atoms with Crippen molar-refractivity contribution in [1.82, 2.24) is 4.90 Å². The van der Waals surface area contributed by atoms with Gasteiger partial charge in [-0.15, -0.1) is 0 Å². The lowest BCUT2D eigenvalue weighted by Gasteiger charge is -2.26. The molecule has 0 radical (unpaired) electrons. The highest BCUT2D eigenvalue weighted by Gasteiger charge is 2.24. The number of hydrogen-bond donors (Lipinski definition) is 0. The van der Waals surface area contributed by atoms with Crippen molar-refractivity contribution in [2.45, 2.75) is 12.5 Å². The molecule has 0 saturated heterocycles. The zero-order valence-corrected chi connectivity index (χ0v) is 7.69. The second-order valence-corrected chi connectivity index (χ2v) is 3.25. The fourth-order valence-electron chi connectivity index (χ4n) is 1.06. The molecule has 0 aromatic rings. The highest BCUT2D eigenvalue weighted by atomic mass is 32.1. The Labute approximate surface area is 80.2 Å². The molecular weight excluding hydrogens is 196 g/mol. The molecule has 5 heteroatoms. The molecule has 1 amide bonds. The lowest BCUT2D eigenvalue weighted by Crippen LogP contribution is -2.41. The maximum atomic E-state index is 12.2. The minimum atomic E-state index is -0.994. The van der Waals surface area contributed by atoms with Gasteiger partial charge < -0.3 is 4.90 Å². The average Bonchev–Trinajstić information content (AvgIpc) is 2.10. The fraction of sp³-hybridized carbons (Fsp3) is 0.500. The summed E-state index contributed by atoms with van der Waals surface area (Å²) in [6, 6.07) is -0.994. The van der Waals surface area contributed by atoms with Gasteiger partial charge in [-0.3, -0.25) is 4.79 Å². The molecule has 1 heterocycles. The van der Waals surface area contributed by atoms with Gasteiger partial charge in [-0.05, 0) is 6.08 Å². The monoisotopic (exact) mass is 205 g/mol. The number of amides is 1. The van der Waals surface area contributed by atoms with Gasteiger partial charge in [-0.1, -0.05) is 12.2 Å². The van der Waals surface area contributed by atoms with E-state index in [0.717, 1.165) is 4.90 Å². The van der Waals surface area contributed by atoms with Crippen LogP contribution in [0.4, 0.5) is 8.78 Å². The Kier molecular flexibility index (Phi) is 3.48. The van der Waals surface area contributed by atoms with Crippen molar-refractivity contribution in [2.24, 2.45) is 0 Å². The van der Waals surface area contributed by atoms with Crippen molar-refractivity contribution >= 4 is 23.0 Å².